The molecule has 1 aliphatic rings. The maximum Gasteiger partial charge on any atom is 0.306 e. The third-order valence-electron chi connectivity index (χ3n) is 4.57. The number of hydrogen-bond acceptors (Lipinski definition) is 6. The van der Waals surface area contributed by atoms with Gasteiger partial charge in [-0.3, -0.25) is 14.4 Å². The Labute approximate surface area is 165 Å². The quantitative estimate of drug-likeness (QED) is 0.511. The number of carbonyl (C=O) groups excluding carboxylic acids is 3. The molecule has 142 valence electrons. The van der Waals surface area contributed by atoms with Crippen LogP contribution in [0.3, 0.4) is 0 Å². The van der Waals surface area contributed by atoms with Gasteiger partial charge in [0.2, 0.25) is 5.91 Å². The van der Waals surface area contributed by atoms with E-state index in [0.717, 1.165) is 26.5 Å². The van der Waals surface area contributed by atoms with Crippen LogP contribution in [-0.2, 0) is 27.2 Å². The summed E-state index contributed by atoms with van der Waals surface area (Å²) < 4.78 is 6.22. The molecule has 4 rings (SSSR count). The number of thiazole rings is 1. The zero-order chi connectivity index (χ0) is 19.5. The van der Waals surface area contributed by atoms with Crippen molar-refractivity contribution < 1.29 is 19.1 Å². The summed E-state index contributed by atoms with van der Waals surface area (Å²) in [7, 11) is 0. The number of amides is 1. The van der Waals surface area contributed by atoms with Crippen molar-refractivity contribution in [1.82, 2.24) is 4.98 Å². The minimum atomic E-state index is -0.419. The number of nitrogens with one attached hydrogen (secondary N) is 1. The molecule has 0 spiro atoms. The van der Waals surface area contributed by atoms with Crippen LogP contribution in [0.4, 0.5) is 5.69 Å². The highest BCUT2D eigenvalue weighted by Crippen LogP contribution is 2.24. The smallest absolute Gasteiger partial charge is 0.306 e. The molecule has 0 radical (unpaired) electrons. The fraction of sp³-hybridized carbons (Fsp3) is 0.238. The topological polar surface area (TPSA) is 85.4 Å². The third kappa shape index (κ3) is 4.09. The van der Waals surface area contributed by atoms with Crippen molar-refractivity contribution in [3.05, 3.63) is 58.6 Å². The van der Waals surface area contributed by atoms with Gasteiger partial charge in [-0.25, -0.2) is 4.98 Å². The first kappa shape index (κ1) is 18.3. The Morgan fingerprint density at radius 3 is 2.86 bits per heavy atom. The maximum absolute atomic E-state index is 12.3. The van der Waals surface area contributed by atoms with Crippen LogP contribution in [0.2, 0.25) is 0 Å². The van der Waals surface area contributed by atoms with E-state index in [9.17, 15) is 14.4 Å². The Kier molecular flexibility index (Phi) is 5.16. The molecule has 7 heteroatoms. The van der Waals surface area contributed by atoms with Crippen molar-refractivity contribution in [2.24, 2.45) is 0 Å². The van der Waals surface area contributed by atoms with Gasteiger partial charge in [0.1, 0.15) is 0 Å². The minimum Gasteiger partial charge on any atom is -0.457 e. The Bertz CT molecular complexity index is 1040. The summed E-state index contributed by atoms with van der Waals surface area (Å²) in [5.74, 6) is -0.695. The molecule has 1 N–H and O–H groups in total. The van der Waals surface area contributed by atoms with E-state index in [2.05, 4.69) is 10.3 Å². The summed E-state index contributed by atoms with van der Waals surface area (Å²) in [5.41, 5.74) is 3.07. The van der Waals surface area contributed by atoms with E-state index in [-0.39, 0.29) is 24.7 Å². The van der Waals surface area contributed by atoms with Crippen molar-refractivity contribution in [2.75, 3.05) is 11.9 Å². The van der Waals surface area contributed by atoms with E-state index in [1.54, 1.807) is 29.5 Å². The molecule has 1 amide bonds. The van der Waals surface area contributed by atoms with Crippen LogP contribution in [0.15, 0.2) is 42.5 Å². The standard InChI is InChI=1S/C21H18N2O4S/c24-17(14-5-7-15-13(11-14)6-8-19(25)22-15)12-27-21(26)10-9-20-23-16-3-1-2-4-18(16)28-20/h1-5,7,11H,6,8-10,12H2,(H,22,25). The van der Waals surface area contributed by atoms with Crippen molar-refractivity contribution >= 4 is 44.9 Å². The molecule has 0 bridgehead atoms. The van der Waals surface area contributed by atoms with E-state index in [1.807, 2.05) is 24.3 Å². The molecular formula is C21H18N2O4S. The number of ketones is 1. The number of aromatic nitrogens is 1. The lowest BCUT2D eigenvalue weighted by Crippen LogP contribution is -2.20. The predicted octanol–water partition coefficient (Wildman–Crippen LogP) is 3.54. The number of benzene rings is 2. The molecule has 1 aliphatic heterocycles. The molecule has 0 unspecified atom stereocenters. The number of rotatable bonds is 6. The summed E-state index contributed by atoms with van der Waals surface area (Å²) in [6.07, 6.45) is 1.68. The third-order valence-corrected chi connectivity index (χ3v) is 5.66. The zero-order valence-corrected chi connectivity index (χ0v) is 15.9. The summed E-state index contributed by atoms with van der Waals surface area (Å²) in [5, 5.41) is 3.65. The van der Waals surface area contributed by atoms with Crippen molar-refractivity contribution in [1.29, 1.82) is 0 Å². The second-order valence-corrected chi connectivity index (χ2v) is 7.69. The van der Waals surface area contributed by atoms with Gasteiger partial charge >= 0.3 is 5.97 Å². The van der Waals surface area contributed by atoms with Gasteiger partial charge < -0.3 is 10.1 Å². The second kappa shape index (κ2) is 7.90. The molecule has 0 saturated carbocycles. The molecule has 1 aromatic heterocycles. The molecule has 2 aromatic carbocycles. The number of Topliss-reactive ketones (excluding diaryl/α,β-unsaturated/α-hetero) is 1. The Morgan fingerprint density at radius 2 is 2.00 bits per heavy atom. The van der Waals surface area contributed by atoms with Crippen LogP contribution in [-0.4, -0.2) is 29.3 Å². The average Bonchev–Trinajstić information content (AvgIpc) is 3.13. The molecule has 0 fully saturated rings. The first-order valence-electron chi connectivity index (χ1n) is 9.04. The predicted molar refractivity (Wildman–Crippen MR) is 107 cm³/mol. The second-order valence-electron chi connectivity index (χ2n) is 6.58. The van der Waals surface area contributed by atoms with Gasteiger partial charge in [0.25, 0.3) is 0 Å². The molecule has 0 saturated heterocycles. The minimum absolute atomic E-state index is 0.0198. The highest BCUT2D eigenvalue weighted by Gasteiger charge is 2.17. The maximum atomic E-state index is 12.3. The van der Waals surface area contributed by atoms with Gasteiger partial charge in [-0.15, -0.1) is 11.3 Å². The molecule has 3 aromatic rings. The molecule has 0 aliphatic carbocycles. The van der Waals surface area contributed by atoms with Crippen LogP contribution in [0.25, 0.3) is 10.2 Å². The molecule has 0 atom stereocenters. The van der Waals surface area contributed by atoms with Crippen molar-refractivity contribution in [3.63, 3.8) is 0 Å². The van der Waals surface area contributed by atoms with Gasteiger partial charge in [-0.2, -0.15) is 0 Å². The number of carbonyl (C=O) groups is 3. The molecular weight excluding hydrogens is 376 g/mol. The SMILES string of the molecule is O=C1CCc2cc(C(=O)COC(=O)CCc3nc4ccccc4s3)ccc2N1. The summed E-state index contributed by atoms with van der Waals surface area (Å²) in [4.78, 5) is 40.2. The van der Waals surface area contributed by atoms with Crippen molar-refractivity contribution in [3.8, 4) is 0 Å². The van der Waals surface area contributed by atoms with E-state index in [4.69, 9.17) is 4.74 Å². The monoisotopic (exact) mass is 394 g/mol. The number of fused-ring (bicyclic) bond motifs is 2. The molecule has 28 heavy (non-hydrogen) atoms. The lowest BCUT2D eigenvalue weighted by atomic mass is 9.99. The summed E-state index contributed by atoms with van der Waals surface area (Å²) in [6.45, 7) is -0.288. The number of nitrogens with zero attached hydrogens (tertiary/aromatic N) is 1. The Balaban J connectivity index is 1.29. The number of hydrogen-bond donors (Lipinski definition) is 1. The van der Waals surface area contributed by atoms with Crippen LogP contribution in [0, 0.1) is 0 Å². The van der Waals surface area contributed by atoms with Crippen LogP contribution >= 0.6 is 11.3 Å². The van der Waals surface area contributed by atoms with Gasteiger partial charge in [-0.05, 0) is 42.3 Å². The summed E-state index contributed by atoms with van der Waals surface area (Å²) >= 11 is 1.56. The van der Waals surface area contributed by atoms with E-state index in [1.165, 1.54) is 0 Å². The highest BCUT2D eigenvalue weighted by molar-refractivity contribution is 7.18. The van der Waals surface area contributed by atoms with Crippen LogP contribution < -0.4 is 5.32 Å². The van der Waals surface area contributed by atoms with Gasteiger partial charge in [-0.1, -0.05) is 12.1 Å². The normalized spacial score (nSPS) is 13.1. The average molecular weight is 394 g/mol. The first-order valence-corrected chi connectivity index (χ1v) is 9.86. The first-order chi connectivity index (χ1) is 13.6. The van der Waals surface area contributed by atoms with Crippen LogP contribution in [0.5, 0.6) is 0 Å². The van der Waals surface area contributed by atoms with E-state index in [0.29, 0.717) is 24.8 Å². The van der Waals surface area contributed by atoms with Gasteiger partial charge in [0.05, 0.1) is 21.6 Å². The van der Waals surface area contributed by atoms with Crippen molar-refractivity contribution in [2.45, 2.75) is 25.7 Å². The number of para-hydroxylation sites is 1. The number of esters is 1. The fourth-order valence-electron chi connectivity index (χ4n) is 3.09. The number of aryl methyl sites for hydroxylation is 2. The summed E-state index contributed by atoms with van der Waals surface area (Å²) in [6, 6.07) is 12.9. The Hall–Kier alpha value is -3.06. The largest absolute Gasteiger partial charge is 0.457 e. The van der Waals surface area contributed by atoms with E-state index < -0.39 is 5.97 Å². The van der Waals surface area contributed by atoms with Crippen LogP contribution in [0.1, 0.15) is 33.8 Å². The van der Waals surface area contributed by atoms with Gasteiger partial charge in [0, 0.05) is 24.1 Å². The number of anilines is 1. The molecule has 6 nitrogen and oxygen atoms in total. The fourth-order valence-corrected chi connectivity index (χ4v) is 4.06. The molecule has 2 heterocycles. The zero-order valence-electron chi connectivity index (χ0n) is 15.1. The lowest BCUT2D eigenvalue weighted by Gasteiger charge is -2.17. The highest BCUT2D eigenvalue weighted by atomic mass is 32.1. The lowest BCUT2D eigenvalue weighted by molar-refractivity contribution is -0.142. The Morgan fingerprint density at radius 1 is 1.14 bits per heavy atom. The number of ether oxygens (including phenoxy) is 1. The van der Waals surface area contributed by atoms with Gasteiger partial charge in [0.15, 0.2) is 12.4 Å². The van der Waals surface area contributed by atoms with E-state index >= 15 is 0 Å².